The van der Waals surface area contributed by atoms with E-state index in [2.05, 4.69) is 0 Å². The topological polar surface area (TPSA) is 118 Å². The Bertz CT molecular complexity index is 1600. The third-order valence-electron chi connectivity index (χ3n) is 5.24. The Morgan fingerprint density at radius 2 is 1.56 bits per heavy atom. The first-order chi connectivity index (χ1) is 17.1. The predicted molar refractivity (Wildman–Crippen MR) is 131 cm³/mol. The van der Waals surface area contributed by atoms with E-state index in [1.54, 1.807) is 43.3 Å². The number of methoxy groups -OCH3 is 2. The van der Waals surface area contributed by atoms with E-state index in [9.17, 15) is 18.0 Å². The number of aryl methyl sites for hydroxylation is 1. The van der Waals surface area contributed by atoms with Crippen molar-refractivity contribution in [3.8, 4) is 34.3 Å². The van der Waals surface area contributed by atoms with Crippen molar-refractivity contribution in [2.75, 3.05) is 14.2 Å². The summed E-state index contributed by atoms with van der Waals surface area (Å²) in [5, 5.41) is -0.236. The lowest BCUT2D eigenvalue weighted by Gasteiger charge is -2.16. The van der Waals surface area contributed by atoms with Crippen molar-refractivity contribution < 1.29 is 36.0 Å². The summed E-state index contributed by atoms with van der Waals surface area (Å²) in [5.74, 6) is -0.893. The molecule has 0 spiro atoms. The molecular weight excluding hydrogens is 488 g/mol. The molecule has 0 fully saturated rings. The maximum atomic E-state index is 13.3. The normalized spacial score (nSPS) is 11.2. The molecular formula is C26H22O9S. The molecule has 4 rings (SSSR count). The Morgan fingerprint density at radius 3 is 2.14 bits per heavy atom. The number of carbonyl (C=O) groups excluding carboxylic acids is 1. The molecule has 36 heavy (non-hydrogen) atoms. The fourth-order valence-electron chi connectivity index (χ4n) is 3.48. The number of carbonyl (C=O) groups is 1. The molecule has 10 heteroatoms. The third-order valence-corrected chi connectivity index (χ3v) is 6.47. The van der Waals surface area contributed by atoms with Gasteiger partial charge in [0.25, 0.3) is 0 Å². The van der Waals surface area contributed by atoms with Crippen molar-refractivity contribution in [3.05, 3.63) is 76.5 Å². The van der Waals surface area contributed by atoms with E-state index in [0.29, 0.717) is 11.3 Å². The molecule has 0 aliphatic rings. The van der Waals surface area contributed by atoms with Gasteiger partial charge < -0.3 is 22.8 Å². The summed E-state index contributed by atoms with van der Waals surface area (Å²) in [5.41, 5.74) is 0.767. The van der Waals surface area contributed by atoms with Crippen molar-refractivity contribution >= 4 is 27.1 Å². The van der Waals surface area contributed by atoms with Crippen LogP contribution in [0.3, 0.4) is 0 Å². The maximum absolute atomic E-state index is 13.3. The molecule has 0 amide bonds. The van der Waals surface area contributed by atoms with Gasteiger partial charge in [0.2, 0.25) is 11.5 Å². The molecule has 0 radical (unpaired) electrons. The van der Waals surface area contributed by atoms with Crippen LogP contribution in [0.4, 0.5) is 0 Å². The van der Waals surface area contributed by atoms with Gasteiger partial charge in [0.15, 0.2) is 11.2 Å². The van der Waals surface area contributed by atoms with E-state index >= 15 is 0 Å². The molecule has 9 nitrogen and oxygen atoms in total. The third kappa shape index (κ3) is 4.89. The van der Waals surface area contributed by atoms with Crippen molar-refractivity contribution in [1.82, 2.24) is 0 Å². The molecule has 1 heterocycles. The van der Waals surface area contributed by atoms with Crippen molar-refractivity contribution in [1.29, 1.82) is 0 Å². The number of fused-ring (bicyclic) bond motifs is 1. The van der Waals surface area contributed by atoms with Crippen LogP contribution in [-0.2, 0) is 14.9 Å². The highest BCUT2D eigenvalue weighted by molar-refractivity contribution is 7.87. The summed E-state index contributed by atoms with van der Waals surface area (Å²) in [6.45, 7) is 2.92. The lowest BCUT2D eigenvalue weighted by Crippen LogP contribution is -2.15. The zero-order chi connectivity index (χ0) is 26.0. The number of hydrogen-bond acceptors (Lipinski definition) is 9. The van der Waals surface area contributed by atoms with Gasteiger partial charge in [-0.05, 0) is 43.3 Å². The molecule has 4 aromatic rings. The van der Waals surface area contributed by atoms with Crippen molar-refractivity contribution in [2.45, 2.75) is 18.7 Å². The highest BCUT2D eigenvalue weighted by Gasteiger charge is 2.28. The van der Waals surface area contributed by atoms with E-state index in [1.165, 1.54) is 38.5 Å². The van der Waals surface area contributed by atoms with E-state index in [4.69, 9.17) is 22.8 Å². The second-order valence-corrected chi connectivity index (χ2v) is 9.30. The SMILES string of the molecule is COc1ccc(-c2cc(=O)c3c(OS(=O)(=O)c4ccc(C)cc4)c(OC(C)=O)c(OC)cc3o2)cc1. The van der Waals surface area contributed by atoms with E-state index in [1.807, 2.05) is 0 Å². The van der Waals surface area contributed by atoms with E-state index < -0.39 is 27.3 Å². The first-order valence-electron chi connectivity index (χ1n) is 10.7. The summed E-state index contributed by atoms with van der Waals surface area (Å²) < 4.78 is 53.3. The maximum Gasteiger partial charge on any atom is 0.339 e. The molecule has 186 valence electrons. The molecule has 0 aliphatic carbocycles. The van der Waals surface area contributed by atoms with Gasteiger partial charge in [-0.15, -0.1) is 0 Å². The molecule has 0 saturated heterocycles. The van der Waals surface area contributed by atoms with Gasteiger partial charge in [0.05, 0.1) is 14.2 Å². The van der Waals surface area contributed by atoms with Gasteiger partial charge >= 0.3 is 16.1 Å². The quantitative estimate of drug-likeness (QED) is 0.201. The molecule has 3 aromatic carbocycles. The molecule has 0 bridgehead atoms. The van der Waals surface area contributed by atoms with Crippen LogP contribution in [0.2, 0.25) is 0 Å². The number of esters is 1. The minimum absolute atomic E-state index is 0.0322. The van der Waals surface area contributed by atoms with Crippen LogP contribution in [0.25, 0.3) is 22.3 Å². The fourth-order valence-corrected chi connectivity index (χ4v) is 4.42. The lowest BCUT2D eigenvalue weighted by molar-refractivity contribution is -0.132. The minimum Gasteiger partial charge on any atom is -0.497 e. The average molecular weight is 511 g/mol. The van der Waals surface area contributed by atoms with Crippen molar-refractivity contribution in [3.63, 3.8) is 0 Å². The van der Waals surface area contributed by atoms with Crippen LogP contribution < -0.4 is 23.8 Å². The fraction of sp³-hybridized carbons (Fsp3) is 0.154. The van der Waals surface area contributed by atoms with Gasteiger partial charge in [-0.25, -0.2) is 0 Å². The summed E-state index contributed by atoms with van der Waals surface area (Å²) in [7, 11) is -1.61. The smallest absolute Gasteiger partial charge is 0.339 e. The standard InChI is InChI=1S/C26H22O9S/c1-15-5-11-19(12-6-15)36(29,30)35-26-24-20(28)13-21(17-7-9-18(31-3)10-8-17)34-22(24)14-23(32-4)25(26)33-16(2)27/h5-14H,1-4H3. The highest BCUT2D eigenvalue weighted by atomic mass is 32.2. The summed E-state index contributed by atoms with van der Waals surface area (Å²) >= 11 is 0. The Balaban J connectivity index is 1.96. The minimum atomic E-state index is -4.43. The summed E-state index contributed by atoms with van der Waals surface area (Å²) in [6.07, 6.45) is 0. The Kier molecular flexibility index (Phi) is 6.71. The van der Waals surface area contributed by atoms with Crippen molar-refractivity contribution in [2.24, 2.45) is 0 Å². The monoisotopic (exact) mass is 510 g/mol. The summed E-state index contributed by atoms with van der Waals surface area (Å²) in [4.78, 5) is 24.9. The molecule has 0 unspecified atom stereocenters. The number of benzene rings is 3. The first-order valence-corrected chi connectivity index (χ1v) is 12.1. The van der Waals surface area contributed by atoms with Gasteiger partial charge in [0.1, 0.15) is 27.4 Å². The largest absolute Gasteiger partial charge is 0.497 e. The Labute approximate surface area is 206 Å². The molecule has 0 saturated carbocycles. The Morgan fingerprint density at radius 1 is 0.889 bits per heavy atom. The number of ether oxygens (including phenoxy) is 3. The predicted octanol–water partition coefficient (Wildman–Crippen LogP) is 4.48. The van der Waals surface area contributed by atoms with Gasteiger partial charge in [-0.1, -0.05) is 17.7 Å². The summed E-state index contributed by atoms with van der Waals surface area (Å²) in [6, 6.07) is 15.3. The lowest BCUT2D eigenvalue weighted by atomic mass is 10.1. The van der Waals surface area contributed by atoms with E-state index in [-0.39, 0.29) is 33.1 Å². The number of hydrogen-bond donors (Lipinski definition) is 0. The molecule has 1 aromatic heterocycles. The zero-order valence-corrected chi connectivity index (χ0v) is 20.7. The van der Waals surface area contributed by atoms with Gasteiger partial charge in [-0.3, -0.25) is 9.59 Å². The van der Waals surface area contributed by atoms with Crippen LogP contribution in [0.5, 0.6) is 23.0 Å². The molecule has 0 N–H and O–H groups in total. The van der Waals surface area contributed by atoms with Crippen LogP contribution >= 0.6 is 0 Å². The van der Waals surface area contributed by atoms with Crippen LogP contribution in [0.15, 0.2) is 74.8 Å². The zero-order valence-electron chi connectivity index (χ0n) is 19.9. The molecule has 0 atom stereocenters. The van der Waals surface area contributed by atoms with E-state index in [0.717, 1.165) is 12.5 Å². The van der Waals surface area contributed by atoms with Crippen LogP contribution in [-0.4, -0.2) is 28.6 Å². The highest BCUT2D eigenvalue weighted by Crippen LogP contribution is 2.44. The van der Waals surface area contributed by atoms with Gasteiger partial charge in [0, 0.05) is 24.6 Å². The Hall–Kier alpha value is -4.31. The second-order valence-electron chi connectivity index (χ2n) is 7.76. The first kappa shape index (κ1) is 24.8. The molecule has 0 aliphatic heterocycles. The second kappa shape index (κ2) is 9.74. The van der Waals surface area contributed by atoms with Crippen LogP contribution in [0.1, 0.15) is 12.5 Å². The van der Waals surface area contributed by atoms with Gasteiger partial charge in [-0.2, -0.15) is 8.42 Å². The average Bonchev–Trinajstić information content (AvgIpc) is 2.84. The van der Waals surface area contributed by atoms with Crippen LogP contribution in [0, 0.1) is 6.92 Å². The number of rotatable bonds is 7.